The van der Waals surface area contributed by atoms with Crippen LogP contribution in [0.15, 0.2) is 18.2 Å². The molecule has 0 saturated carbocycles. The van der Waals surface area contributed by atoms with E-state index in [9.17, 15) is 0 Å². The number of hydrogen-bond donors (Lipinski definition) is 1. The fourth-order valence-electron chi connectivity index (χ4n) is 1.42. The molecule has 86 valence electrons. The second-order valence-corrected chi connectivity index (χ2v) is 3.82. The Morgan fingerprint density at radius 2 is 2.25 bits per heavy atom. The molecule has 0 bridgehead atoms. The van der Waals surface area contributed by atoms with Crippen molar-refractivity contribution in [2.45, 2.75) is 19.3 Å². The fraction of sp³-hybridized carbons (Fsp3) is 0.385. The van der Waals surface area contributed by atoms with Gasteiger partial charge in [-0.1, -0.05) is 17.7 Å². The van der Waals surface area contributed by atoms with E-state index in [0.717, 1.165) is 30.6 Å². The molecule has 1 aromatic carbocycles. The van der Waals surface area contributed by atoms with E-state index in [1.165, 1.54) is 0 Å². The summed E-state index contributed by atoms with van der Waals surface area (Å²) in [4.78, 5) is 0. The van der Waals surface area contributed by atoms with Crippen molar-refractivity contribution in [3.8, 4) is 18.1 Å². The Kier molecular flexibility index (Phi) is 5.77. The van der Waals surface area contributed by atoms with Gasteiger partial charge in [-0.25, -0.2) is 0 Å². The average Bonchev–Trinajstić information content (AvgIpc) is 2.29. The van der Waals surface area contributed by atoms with Gasteiger partial charge >= 0.3 is 0 Å². The number of benzene rings is 1. The van der Waals surface area contributed by atoms with Crippen LogP contribution >= 0.6 is 11.6 Å². The summed E-state index contributed by atoms with van der Waals surface area (Å²) in [5, 5.41) is 0.708. The zero-order chi connectivity index (χ0) is 11.8. The van der Waals surface area contributed by atoms with Gasteiger partial charge in [0.05, 0.1) is 6.61 Å². The van der Waals surface area contributed by atoms with E-state index < -0.39 is 0 Å². The molecule has 0 radical (unpaired) electrons. The third kappa shape index (κ3) is 3.77. The van der Waals surface area contributed by atoms with Crippen LogP contribution in [0, 0.1) is 12.3 Å². The molecule has 3 heteroatoms. The van der Waals surface area contributed by atoms with Gasteiger partial charge in [-0.15, -0.1) is 12.3 Å². The number of hydrogen-bond acceptors (Lipinski definition) is 2. The van der Waals surface area contributed by atoms with E-state index in [4.69, 9.17) is 28.5 Å². The normalized spacial score (nSPS) is 9.81. The zero-order valence-electron chi connectivity index (χ0n) is 9.21. The van der Waals surface area contributed by atoms with Crippen LogP contribution in [-0.2, 0) is 6.42 Å². The van der Waals surface area contributed by atoms with Crippen LogP contribution in [0.1, 0.15) is 18.4 Å². The van der Waals surface area contributed by atoms with Crippen LogP contribution < -0.4 is 10.5 Å². The first-order valence-corrected chi connectivity index (χ1v) is 5.71. The van der Waals surface area contributed by atoms with Crippen molar-refractivity contribution in [3.63, 3.8) is 0 Å². The first kappa shape index (κ1) is 12.9. The highest BCUT2D eigenvalue weighted by molar-refractivity contribution is 6.31. The lowest BCUT2D eigenvalue weighted by Crippen LogP contribution is -2.06. The van der Waals surface area contributed by atoms with Crippen LogP contribution in [0.2, 0.25) is 5.02 Å². The molecule has 0 aliphatic rings. The van der Waals surface area contributed by atoms with Gasteiger partial charge in [-0.05, 0) is 31.5 Å². The first-order valence-electron chi connectivity index (χ1n) is 5.33. The van der Waals surface area contributed by atoms with Crippen molar-refractivity contribution >= 4 is 11.6 Å². The van der Waals surface area contributed by atoms with Gasteiger partial charge in [0, 0.05) is 17.0 Å². The highest BCUT2D eigenvalue weighted by Crippen LogP contribution is 2.26. The lowest BCUT2D eigenvalue weighted by Gasteiger charge is -2.11. The predicted octanol–water partition coefficient (Wildman–Crippen LogP) is 2.63. The second-order valence-electron chi connectivity index (χ2n) is 3.41. The molecule has 0 aromatic heterocycles. The Labute approximate surface area is 102 Å². The van der Waals surface area contributed by atoms with E-state index >= 15 is 0 Å². The molecule has 0 amide bonds. The van der Waals surface area contributed by atoms with Crippen molar-refractivity contribution in [2.75, 3.05) is 13.2 Å². The molecule has 1 aromatic rings. The van der Waals surface area contributed by atoms with Gasteiger partial charge in [0.25, 0.3) is 0 Å². The van der Waals surface area contributed by atoms with Crippen LogP contribution in [0.5, 0.6) is 5.75 Å². The molecule has 0 aliphatic heterocycles. The Morgan fingerprint density at radius 1 is 1.44 bits per heavy atom. The molecule has 0 unspecified atom stereocenters. The number of ether oxygens (including phenoxy) is 1. The van der Waals surface area contributed by atoms with Crippen LogP contribution in [0.25, 0.3) is 0 Å². The molecule has 0 spiro atoms. The quantitative estimate of drug-likeness (QED) is 0.610. The summed E-state index contributed by atoms with van der Waals surface area (Å²) in [6.07, 6.45) is 7.47. The first-order chi connectivity index (χ1) is 7.79. The van der Waals surface area contributed by atoms with Crippen molar-refractivity contribution in [1.29, 1.82) is 0 Å². The Bertz CT molecular complexity index is 371. The summed E-state index contributed by atoms with van der Waals surface area (Å²) in [7, 11) is 0. The molecule has 16 heavy (non-hydrogen) atoms. The summed E-state index contributed by atoms with van der Waals surface area (Å²) in [5.41, 5.74) is 6.51. The Hall–Kier alpha value is -1.17. The summed E-state index contributed by atoms with van der Waals surface area (Å²) in [6.45, 7) is 1.17. The molecule has 0 saturated heterocycles. The molecule has 0 heterocycles. The Morgan fingerprint density at radius 3 is 2.94 bits per heavy atom. The maximum Gasteiger partial charge on any atom is 0.124 e. The number of rotatable bonds is 6. The van der Waals surface area contributed by atoms with Gasteiger partial charge in [-0.3, -0.25) is 0 Å². The summed E-state index contributed by atoms with van der Waals surface area (Å²) in [5.74, 6) is 3.39. The van der Waals surface area contributed by atoms with E-state index in [1.54, 1.807) is 0 Å². The highest BCUT2D eigenvalue weighted by atomic mass is 35.5. The van der Waals surface area contributed by atoms with Gasteiger partial charge in [0.15, 0.2) is 0 Å². The molecule has 2 N–H and O–H groups in total. The van der Waals surface area contributed by atoms with Crippen LogP contribution in [-0.4, -0.2) is 13.2 Å². The van der Waals surface area contributed by atoms with Crippen molar-refractivity contribution < 1.29 is 4.74 Å². The number of halogens is 1. The summed E-state index contributed by atoms with van der Waals surface area (Å²) in [6, 6.07) is 5.63. The predicted molar refractivity (Wildman–Crippen MR) is 67.8 cm³/mol. The van der Waals surface area contributed by atoms with E-state index in [2.05, 4.69) is 5.92 Å². The molecule has 0 aliphatic carbocycles. The largest absolute Gasteiger partial charge is 0.493 e. The minimum absolute atomic E-state index is 0.560. The second kappa shape index (κ2) is 7.16. The van der Waals surface area contributed by atoms with Crippen molar-refractivity contribution in [3.05, 3.63) is 28.8 Å². The van der Waals surface area contributed by atoms with Crippen molar-refractivity contribution in [2.24, 2.45) is 5.73 Å². The smallest absolute Gasteiger partial charge is 0.124 e. The van der Waals surface area contributed by atoms with Gasteiger partial charge in [0.1, 0.15) is 5.75 Å². The molecular formula is C13H16ClNO. The van der Waals surface area contributed by atoms with Gasteiger partial charge < -0.3 is 10.5 Å². The molecule has 1 rings (SSSR count). The average molecular weight is 238 g/mol. The number of unbranched alkanes of at least 4 members (excludes halogenated alkanes) is 1. The molecular weight excluding hydrogens is 222 g/mol. The minimum Gasteiger partial charge on any atom is -0.493 e. The summed E-state index contributed by atoms with van der Waals surface area (Å²) >= 11 is 6.08. The van der Waals surface area contributed by atoms with Crippen molar-refractivity contribution in [1.82, 2.24) is 0 Å². The standard InChI is InChI=1S/C13H16ClNO/c1-2-3-4-10-16-13-7-5-6-12(14)11(13)8-9-15/h1,5-7H,3-4,8-10,15H2. The molecule has 2 nitrogen and oxygen atoms in total. The van der Waals surface area contributed by atoms with E-state index in [0.29, 0.717) is 18.2 Å². The topological polar surface area (TPSA) is 35.2 Å². The van der Waals surface area contributed by atoms with Gasteiger partial charge in [-0.2, -0.15) is 0 Å². The maximum atomic E-state index is 6.08. The monoisotopic (exact) mass is 237 g/mol. The summed E-state index contributed by atoms with van der Waals surface area (Å²) < 4.78 is 5.64. The number of nitrogens with two attached hydrogens (primary N) is 1. The Balaban J connectivity index is 2.64. The zero-order valence-corrected chi connectivity index (χ0v) is 9.96. The van der Waals surface area contributed by atoms with E-state index in [1.807, 2.05) is 18.2 Å². The van der Waals surface area contributed by atoms with Crippen LogP contribution in [0.3, 0.4) is 0 Å². The molecule has 0 fully saturated rings. The lowest BCUT2D eigenvalue weighted by molar-refractivity contribution is 0.310. The fourth-order valence-corrected chi connectivity index (χ4v) is 1.68. The lowest BCUT2D eigenvalue weighted by atomic mass is 10.1. The van der Waals surface area contributed by atoms with E-state index in [-0.39, 0.29) is 0 Å². The minimum atomic E-state index is 0.560. The maximum absolute atomic E-state index is 6.08. The third-order valence-electron chi connectivity index (χ3n) is 2.19. The highest BCUT2D eigenvalue weighted by Gasteiger charge is 2.06. The van der Waals surface area contributed by atoms with Crippen LogP contribution in [0.4, 0.5) is 0 Å². The SMILES string of the molecule is C#CCCCOc1cccc(Cl)c1CCN. The van der Waals surface area contributed by atoms with Gasteiger partial charge in [0.2, 0.25) is 0 Å². The molecule has 0 atom stereocenters. The number of terminal acetylenes is 1. The third-order valence-corrected chi connectivity index (χ3v) is 2.55.